The average molecular weight is 369 g/mol. The molecule has 0 aliphatic rings. The van der Waals surface area contributed by atoms with Gasteiger partial charge in [0.25, 0.3) is 17.2 Å². The Kier molecular flexibility index (Phi) is 4.32. The molecular formula is C17H15N5O5. The van der Waals surface area contributed by atoms with Gasteiger partial charge < -0.3 is 5.32 Å². The van der Waals surface area contributed by atoms with E-state index in [0.29, 0.717) is 5.56 Å². The second kappa shape index (κ2) is 6.48. The Morgan fingerprint density at radius 1 is 1.15 bits per heavy atom. The third-order valence-corrected chi connectivity index (χ3v) is 4.20. The number of nitro groups is 1. The van der Waals surface area contributed by atoms with E-state index in [4.69, 9.17) is 0 Å². The van der Waals surface area contributed by atoms with Crippen molar-refractivity contribution < 1.29 is 9.72 Å². The smallest absolute Gasteiger partial charge is 0.320 e. The summed E-state index contributed by atoms with van der Waals surface area (Å²) in [5, 5.41) is 13.7. The van der Waals surface area contributed by atoms with Crippen molar-refractivity contribution in [1.29, 1.82) is 0 Å². The summed E-state index contributed by atoms with van der Waals surface area (Å²) in [7, 11) is 2.80. The van der Waals surface area contributed by atoms with Crippen molar-refractivity contribution in [3.05, 3.63) is 72.5 Å². The van der Waals surface area contributed by atoms with E-state index in [-0.39, 0.29) is 28.1 Å². The van der Waals surface area contributed by atoms with Crippen LogP contribution in [0.5, 0.6) is 0 Å². The number of hydrogen-bond acceptors (Lipinski definition) is 6. The number of hydrogen-bond donors (Lipinski definition) is 1. The van der Waals surface area contributed by atoms with Gasteiger partial charge in [-0.2, -0.15) is 0 Å². The van der Waals surface area contributed by atoms with Gasteiger partial charge in [-0.15, -0.1) is 0 Å². The number of amides is 1. The van der Waals surface area contributed by atoms with E-state index in [1.165, 1.54) is 49.0 Å². The van der Waals surface area contributed by atoms with E-state index in [9.17, 15) is 24.5 Å². The van der Waals surface area contributed by atoms with Crippen molar-refractivity contribution in [3.63, 3.8) is 0 Å². The largest absolute Gasteiger partial charge is 0.332 e. The van der Waals surface area contributed by atoms with Gasteiger partial charge in [0.1, 0.15) is 11.3 Å². The van der Waals surface area contributed by atoms with Crippen molar-refractivity contribution in [3.8, 4) is 0 Å². The normalized spacial score (nSPS) is 10.8. The summed E-state index contributed by atoms with van der Waals surface area (Å²) < 4.78 is 2.12. The standard InChI is InChI=1S/C17H15N5O5/c1-9-4-5-10(8-13(9)22(26)27)18-15(23)12-7-6-11-14(19-12)20(2)17(25)21(3)16(11)24/h4-8H,1-3H3,(H,18,23). The molecule has 1 N–H and O–H groups in total. The number of carbonyl (C=O) groups is 1. The minimum Gasteiger partial charge on any atom is -0.320 e. The highest BCUT2D eigenvalue weighted by molar-refractivity contribution is 6.04. The van der Waals surface area contributed by atoms with Gasteiger partial charge in [-0.25, -0.2) is 9.78 Å². The van der Waals surface area contributed by atoms with Crippen molar-refractivity contribution in [2.75, 3.05) is 5.32 Å². The molecule has 0 fully saturated rings. The van der Waals surface area contributed by atoms with Gasteiger partial charge in [0.2, 0.25) is 0 Å². The van der Waals surface area contributed by atoms with Crippen LogP contribution in [0, 0.1) is 17.0 Å². The van der Waals surface area contributed by atoms with Crippen LogP contribution in [0.25, 0.3) is 11.0 Å². The van der Waals surface area contributed by atoms with Crippen LogP contribution >= 0.6 is 0 Å². The van der Waals surface area contributed by atoms with Crippen LogP contribution in [-0.4, -0.2) is 24.9 Å². The van der Waals surface area contributed by atoms with Gasteiger partial charge in [-0.3, -0.25) is 28.8 Å². The molecule has 0 atom stereocenters. The van der Waals surface area contributed by atoms with E-state index in [0.717, 1.165) is 4.57 Å². The minimum atomic E-state index is -0.622. The maximum Gasteiger partial charge on any atom is 0.332 e. The Hall–Kier alpha value is -3.82. The molecule has 0 aliphatic carbocycles. The lowest BCUT2D eigenvalue weighted by molar-refractivity contribution is -0.385. The predicted molar refractivity (Wildman–Crippen MR) is 98.0 cm³/mol. The monoisotopic (exact) mass is 369 g/mol. The molecule has 3 rings (SSSR count). The highest BCUT2D eigenvalue weighted by Gasteiger charge is 2.16. The molecule has 1 amide bonds. The lowest BCUT2D eigenvalue weighted by Gasteiger charge is -2.09. The fourth-order valence-corrected chi connectivity index (χ4v) is 2.66. The van der Waals surface area contributed by atoms with E-state index in [2.05, 4.69) is 10.3 Å². The summed E-state index contributed by atoms with van der Waals surface area (Å²) in [6.07, 6.45) is 0. The number of fused-ring (bicyclic) bond motifs is 1. The molecule has 138 valence electrons. The van der Waals surface area contributed by atoms with Gasteiger partial charge in [0.05, 0.1) is 10.3 Å². The Morgan fingerprint density at radius 2 is 1.85 bits per heavy atom. The maximum atomic E-state index is 12.5. The number of aryl methyl sites for hydroxylation is 2. The van der Waals surface area contributed by atoms with Gasteiger partial charge in [-0.1, -0.05) is 6.07 Å². The molecule has 0 saturated heterocycles. The first-order valence-electron chi connectivity index (χ1n) is 7.84. The zero-order chi connectivity index (χ0) is 19.9. The van der Waals surface area contributed by atoms with Crippen molar-refractivity contribution in [2.24, 2.45) is 14.1 Å². The summed E-state index contributed by atoms with van der Waals surface area (Å²) in [4.78, 5) is 51.2. The number of nitrogens with zero attached hydrogens (tertiary/aromatic N) is 4. The molecule has 0 unspecified atom stereocenters. The molecule has 1 aromatic carbocycles. The van der Waals surface area contributed by atoms with Crippen LogP contribution in [0.15, 0.2) is 39.9 Å². The third kappa shape index (κ3) is 3.08. The van der Waals surface area contributed by atoms with Gasteiger partial charge in [0.15, 0.2) is 0 Å². The third-order valence-electron chi connectivity index (χ3n) is 4.20. The van der Waals surface area contributed by atoms with E-state index in [1.54, 1.807) is 6.92 Å². The van der Waals surface area contributed by atoms with Crippen LogP contribution in [0.3, 0.4) is 0 Å². The second-order valence-corrected chi connectivity index (χ2v) is 5.99. The molecule has 0 spiro atoms. The summed E-state index contributed by atoms with van der Waals surface area (Å²) >= 11 is 0. The Bertz CT molecular complexity index is 1220. The molecule has 0 bridgehead atoms. The van der Waals surface area contributed by atoms with Crippen molar-refractivity contribution >= 4 is 28.3 Å². The number of nitro benzene ring substituents is 1. The summed E-state index contributed by atoms with van der Waals surface area (Å²) in [6.45, 7) is 1.59. The quantitative estimate of drug-likeness (QED) is 0.544. The SMILES string of the molecule is Cc1ccc(NC(=O)c2ccc3c(=O)n(C)c(=O)n(C)c3n2)cc1[N+](=O)[O-]. The van der Waals surface area contributed by atoms with E-state index >= 15 is 0 Å². The summed E-state index contributed by atoms with van der Waals surface area (Å²) in [5.41, 5.74) is -0.456. The molecule has 10 heteroatoms. The first-order chi connectivity index (χ1) is 12.7. The van der Waals surface area contributed by atoms with Gasteiger partial charge >= 0.3 is 5.69 Å². The first-order valence-corrected chi connectivity index (χ1v) is 7.84. The molecule has 3 aromatic rings. The van der Waals surface area contributed by atoms with Crippen LogP contribution in [0.2, 0.25) is 0 Å². The number of rotatable bonds is 3. The van der Waals surface area contributed by atoms with Crippen LogP contribution in [0.4, 0.5) is 11.4 Å². The molecule has 0 saturated carbocycles. The second-order valence-electron chi connectivity index (χ2n) is 5.99. The van der Waals surface area contributed by atoms with E-state index in [1.807, 2.05) is 0 Å². The molecule has 2 heterocycles. The number of anilines is 1. The number of carbonyl (C=O) groups excluding carboxylic acids is 1. The Balaban J connectivity index is 2.02. The maximum absolute atomic E-state index is 12.5. The molecule has 27 heavy (non-hydrogen) atoms. The molecule has 0 aliphatic heterocycles. The highest BCUT2D eigenvalue weighted by atomic mass is 16.6. The molecule has 0 radical (unpaired) electrons. The first kappa shape index (κ1) is 18.0. The number of aromatic nitrogens is 3. The van der Waals surface area contributed by atoms with Crippen molar-refractivity contribution in [1.82, 2.24) is 14.1 Å². The highest BCUT2D eigenvalue weighted by Crippen LogP contribution is 2.22. The minimum absolute atomic E-state index is 0.0334. The topological polar surface area (TPSA) is 129 Å². The molecular weight excluding hydrogens is 354 g/mol. The lowest BCUT2D eigenvalue weighted by atomic mass is 10.2. The van der Waals surface area contributed by atoms with Crippen LogP contribution in [0.1, 0.15) is 16.1 Å². The average Bonchev–Trinajstić information content (AvgIpc) is 2.65. The molecule has 10 nitrogen and oxygen atoms in total. The lowest BCUT2D eigenvalue weighted by Crippen LogP contribution is -2.37. The number of benzene rings is 1. The number of nitrogens with one attached hydrogen (secondary N) is 1. The van der Waals surface area contributed by atoms with Crippen molar-refractivity contribution in [2.45, 2.75) is 6.92 Å². The van der Waals surface area contributed by atoms with E-state index < -0.39 is 22.1 Å². The Morgan fingerprint density at radius 3 is 2.52 bits per heavy atom. The summed E-state index contributed by atoms with van der Waals surface area (Å²) in [5.74, 6) is -0.622. The van der Waals surface area contributed by atoms with Gasteiger partial charge in [-0.05, 0) is 25.1 Å². The Labute approximate surface area is 151 Å². The fraction of sp³-hybridized carbons (Fsp3) is 0.176. The van der Waals surface area contributed by atoms with Crippen LogP contribution in [-0.2, 0) is 14.1 Å². The van der Waals surface area contributed by atoms with Crippen LogP contribution < -0.4 is 16.6 Å². The fourth-order valence-electron chi connectivity index (χ4n) is 2.66. The summed E-state index contributed by atoms with van der Waals surface area (Å²) in [6, 6.07) is 7.07. The zero-order valence-electron chi connectivity index (χ0n) is 14.7. The number of pyridine rings is 1. The predicted octanol–water partition coefficient (Wildman–Crippen LogP) is 1.10. The van der Waals surface area contributed by atoms with Gasteiger partial charge in [0, 0.05) is 31.4 Å². The molecule has 2 aromatic heterocycles. The zero-order valence-corrected chi connectivity index (χ0v) is 14.7.